The molecule has 3 aromatic carbocycles. The van der Waals surface area contributed by atoms with E-state index in [0.29, 0.717) is 47.7 Å². The molecular weight excluding hydrogens is 420 g/mol. The summed E-state index contributed by atoms with van der Waals surface area (Å²) < 4.78 is 1.75. The number of nitrogens with zero attached hydrogens (tertiary/aromatic N) is 4. The smallest absolute Gasteiger partial charge is 0.261 e. The summed E-state index contributed by atoms with van der Waals surface area (Å²) in [7, 11) is 1.97. The Morgan fingerprint density at radius 3 is 2.41 bits per heavy atom. The van der Waals surface area contributed by atoms with Crippen molar-refractivity contribution >= 4 is 28.2 Å². The van der Waals surface area contributed by atoms with Crippen LogP contribution in [0.15, 0.2) is 77.6 Å². The number of rotatable bonds is 7. The number of anilines is 1. The fourth-order valence-electron chi connectivity index (χ4n) is 3.68. The third kappa shape index (κ3) is 4.82. The van der Waals surface area contributed by atoms with Crippen molar-refractivity contribution in [2.24, 2.45) is 0 Å². The van der Waals surface area contributed by atoms with Crippen molar-refractivity contribution in [3.8, 4) is 6.07 Å². The van der Waals surface area contributed by atoms with E-state index in [1.807, 2.05) is 79.8 Å². The molecule has 1 heterocycles. The Kier molecular flexibility index (Phi) is 6.53. The van der Waals surface area contributed by atoms with Crippen LogP contribution in [0.5, 0.6) is 0 Å². The maximum absolute atomic E-state index is 13.3. The molecule has 0 aliphatic carbocycles. The third-order valence-corrected chi connectivity index (χ3v) is 5.74. The predicted molar refractivity (Wildman–Crippen MR) is 129 cm³/mol. The summed E-state index contributed by atoms with van der Waals surface area (Å²) in [6.45, 7) is 1.11. The monoisotopic (exact) mass is 442 g/mol. The average Bonchev–Trinajstić information content (AvgIpc) is 2.81. The molecule has 1 aromatic heterocycles. The van der Waals surface area contributed by atoms with Crippen LogP contribution in [-0.2, 0) is 13.0 Å². The number of aromatic nitrogens is 2. The number of hydrogen-bond donors (Lipinski definition) is 0. The highest BCUT2D eigenvalue weighted by Crippen LogP contribution is 2.18. The Labute approximate surface area is 192 Å². The Hall–Kier alpha value is -3.62. The van der Waals surface area contributed by atoms with E-state index in [2.05, 4.69) is 11.0 Å². The molecule has 0 spiro atoms. The van der Waals surface area contributed by atoms with Crippen LogP contribution in [0.3, 0.4) is 0 Å². The fraction of sp³-hybridized carbons (Fsp3) is 0.192. The van der Waals surface area contributed by atoms with Crippen LogP contribution in [-0.4, -0.2) is 23.1 Å². The Morgan fingerprint density at radius 1 is 1.00 bits per heavy atom. The van der Waals surface area contributed by atoms with E-state index in [0.717, 1.165) is 16.8 Å². The van der Waals surface area contributed by atoms with Gasteiger partial charge in [-0.1, -0.05) is 48.0 Å². The van der Waals surface area contributed by atoms with Crippen molar-refractivity contribution in [2.45, 2.75) is 19.4 Å². The van der Waals surface area contributed by atoms with Crippen molar-refractivity contribution < 1.29 is 0 Å². The van der Waals surface area contributed by atoms with Gasteiger partial charge in [0.25, 0.3) is 5.56 Å². The van der Waals surface area contributed by atoms with Gasteiger partial charge in [-0.25, -0.2) is 4.98 Å². The maximum Gasteiger partial charge on any atom is 0.261 e. The van der Waals surface area contributed by atoms with E-state index in [4.69, 9.17) is 21.8 Å². The normalized spacial score (nSPS) is 10.8. The van der Waals surface area contributed by atoms with Crippen LogP contribution < -0.4 is 10.5 Å². The van der Waals surface area contributed by atoms with Crippen LogP contribution in [0.1, 0.15) is 23.4 Å². The van der Waals surface area contributed by atoms with Gasteiger partial charge in [-0.3, -0.25) is 9.36 Å². The second kappa shape index (κ2) is 9.67. The first-order valence-electron chi connectivity index (χ1n) is 10.4. The molecule has 0 saturated carbocycles. The van der Waals surface area contributed by atoms with Crippen molar-refractivity contribution in [1.29, 1.82) is 5.26 Å². The minimum absolute atomic E-state index is 0.0478. The zero-order valence-corrected chi connectivity index (χ0v) is 18.6. The van der Waals surface area contributed by atoms with Gasteiger partial charge in [-0.2, -0.15) is 5.26 Å². The largest absolute Gasteiger partial charge is 0.374 e. The van der Waals surface area contributed by atoms with Crippen LogP contribution in [0.25, 0.3) is 10.9 Å². The van der Waals surface area contributed by atoms with Crippen molar-refractivity contribution in [3.05, 3.63) is 105 Å². The minimum atomic E-state index is -0.0478. The molecule has 6 heteroatoms. The van der Waals surface area contributed by atoms with Gasteiger partial charge in [-0.15, -0.1) is 0 Å². The van der Waals surface area contributed by atoms with Gasteiger partial charge < -0.3 is 4.90 Å². The molecule has 0 saturated heterocycles. The molecule has 0 amide bonds. The highest BCUT2D eigenvalue weighted by Gasteiger charge is 2.12. The van der Waals surface area contributed by atoms with E-state index in [1.54, 1.807) is 4.57 Å². The lowest BCUT2D eigenvalue weighted by Gasteiger charge is -2.18. The van der Waals surface area contributed by atoms with E-state index >= 15 is 0 Å². The molecule has 0 fully saturated rings. The van der Waals surface area contributed by atoms with Gasteiger partial charge in [-0.05, 0) is 47.5 Å². The van der Waals surface area contributed by atoms with Gasteiger partial charge in [0.2, 0.25) is 0 Å². The van der Waals surface area contributed by atoms with Crippen LogP contribution >= 0.6 is 11.6 Å². The lowest BCUT2D eigenvalue weighted by molar-refractivity contribution is 0.693. The number of nitriles is 1. The van der Waals surface area contributed by atoms with Gasteiger partial charge in [0.1, 0.15) is 5.82 Å². The summed E-state index contributed by atoms with van der Waals surface area (Å²) >= 11 is 6.03. The first-order valence-corrected chi connectivity index (χ1v) is 10.8. The molecular formula is C26H23ClN4O. The van der Waals surface area contributed by atoms with Gasteiger partial charge in [0.15, 0.2) is 0 Å². The van der Waals surface area contributed by atoms with Gasteiger partial charge in [0.05, 0.1) is 29.9 Å². The zero-order chi connectivity index (χ0) is 22.5. The molecule has 0 unspecified atom stereocenters. The summed E-state index contributed by atoms with van der Waals surface area (Å²) in [6, 6.07) is 25.3. The minimum Gasteiger partial charge on any atom is -0.374 e. The number of fused-ring (bicyclic) bond motifs is 1. The van der Waals surface area contributed by atoms with E-state index in [9.17, 15) is 4.79 Å². The van der Waals surface area contributed by atoms with Crippen LogP contribution in [0.4, 0.5) is 5.69 Å². The standard InChI is InChI=1S/C26H23ClN4O/c1-30(16-4-15-28)22-13-9-19(10-14-22)17-25-29-24-6-3-2-5-23(24)26(32)31(25)18-20-7-11-21(27)12-8-20/h2-3,5-14H,4,16-18H2,1H3. The molecule has 0 N–H and O–H groups in total. The predicted octanol–water partition coefficient (Wildman–Crippen LogP) is 5.04. The van der Waals surface area contributed by atoms with E-state index < -0.39 is 0 Å². The number of benzene rings is 3. The third-order valence-electron chi connectivity index (χ3n) is 5.49. The number of hydrogen-bond acceptors (Lipinski definition) is 4. The van der Waals surface area contributed by atoms with Crippen LogP contribution in [0.2, 0.25) is 5.02 Å². The molecule has 4 rings (SSSR count). The Morgan fingerprint density at radius 2 is 1.69 bits per heavy atom. The summed E-state index contributed by atoms with van der Waals surface area (Å²) in [5.41, 5.74) is 3.76. The van der Waals surface area contributed by atoms with E-state index in [-0.39, 0.29) is 5.56 Å². The molecule has 4 aromatic rings. The quantitative estimate of drug-likeness (QED) is 0.402. The first kappa shape index (κ1) is 21.6. The highest BCUT2D eigenvalue weighted by molar-refractivity contribution is 6.30. The Bertz CT molecular complexity index is 1320. The average molecular weight is 443 g/mol. The molecule has 0 bridgehead atoms. The topological polar surface area (TPSA) is 61.9 Å². The van der Waals surface area contributed by atoms with Gasteiger partial charge in [0, 0.05) is 30.7 Å². The van der Waals surface area contributed by atoms with Crippen molar-refractivity contribution in [2.75, 3.05) is 18.5 Å². The zero-order valence-electron chi connectivity index (χ0n) is 17.8. The van der Waals surface area contributed by atoms with Crippen LogP contribution in [0, 0.1) is 11.3 Å². The second-order valence-electron chi connectivity index (χ2n) is 7.74. The Balaban J connectivity index is 1.68. The lowest BCUT2D eigenvalue weighted by atomic mass is 10.1. The molecule has 0 aliphatic rings. The molecule has 0 aliphatic heterocycles. The summed E-state index contributed by atoms with van der Waals surface area (Å²) in [5.74, 6) is 0.717. The lowest BCUT2D eigenvalue weighted by Crippen LogP contribution is -2.26. The molecule has 5 nitrogen and oxygen atoms in total. The van der Waals surface area contributed by atoms with Crippen molar-refractivity contribution in [3.63, 3.8) is 0 Å². The number of halogens is 1. The second-order valence-corrected chi connectivity index (χ2v) is 8.17. The molecule has 0 atom stereocenters. The summed E-state index contributed by atoms with van der Waals surface area (Å²) in [4.78, 5) is 20.2. The number of para-hydroxylation sites is 1. The van der Waals surface area contributed by atoms with E-state index in [1.165, 1.54) is 0 Å². The molecule has 160 valence electrons. The fourth-order valence-corrected chi connectivity index (χ4v) is 3.81. The van der Waals surface area contributed by atoms with Crippen molar-refractivity contribution in [1.82, 2.24) is 9.55 Å². The summed E-state index contributed by atoms with van der Waals surface area (Å²) in [5, 5.41) is 10.1. The maximum atomic E-state index is 13.3. The van der Waals surface area contributed by atoms with Gasteiger partial charge >= 0.3 is 0 Å². The molecule has 32 heavy (non-hydrogen) atoms. The molecule has 0 radical (unpaired) electrons. The first-order chi connectivity index (χ1) is 15.5. The highest BCUT2D eigenvalue weighted by atomic mass is 35.5. The summed E-state index contributed by atoms with van der Waals surface area (Å²) in [6.07, 6.45) is 1.02. The SMILES string of the molecule is CN(CCC#N)c1ccc(Cc2nc3ccccc3c(=O)n2Cc2ccc(Cl)cc2)cc1.